The maximum atomic E-state index is 2.64. The summed E-state index contributed by atoms with van der Waals surface area (Å²) in [6.07, 6.45) is 20.7. The van der Waals surface area contributed by atoms with Gasteiger partial charge in [0, 0.05) is 0 Å². The smallest absolute Gasteiger partial charge is 0.00836 e. The quantitative estimate of drug-likeness (QED) is 0.570. The van der Waals surface area contributed by atoms with Crippen molar-refractivity contribution in [3.05, 3.63) is 24.3 Å². The molecule has 6 aliphatic carbocycles. The molecule has 3 atom stereocenters. The van der Waals surface area contributed by atoms with Gasteiger partial charge in [0.25, 0.3) is 0 Å². The lowest BCUT2D eigenvalue weighted by molar-refractivity contribution is 0.0449. The monoisotopic (exact) mass is 214 g/mol. The van der Waals surface area contributed by atoms with Crippen molar-refractivity contribution in [1.29, 1.82) is 0 Å². The minimum atomic E-state index is 0.628. The molecule has 2 fully saturated rings. The summed E-state index contributed by atoms with van der Waals surface area (Å²) in [6.45, 7) is 0. The third-order valence-electron chi connectivity index (χ3n) is 5.97. The van der Waals surface area contributed by atoms with E-state index in [1.54, 1.807) is 0 Å². The summed E-state index contributed by atoms with van der Waals surface area (Å²) in [5.74, 6) is 3.79. The molecule has 0 N–H and O–H groups in total. The van der Waals surface area contributed by atoms with Crippen molar-refractivity contribution in [1.82, 2.24) is 0 Å². The zero-order valence-electron chi connectivity index (χ0n) is 10.1. The molecule has 6 rings (SSSR count). The van der Waals surface area contributed by atoms with Crippen LogP contribution in [0.3, 0.4) is 0 Å². The van der Waals surface area contributed by atoms with Crippen molar-refractivity contribution in [3.63, 3.8) is 0 Å². The van der Waals surface area contributed by atoms with E-state index in [9.17, 15) is 0 Å². The average Bonchev–Trinajstić information content (AvgIpc) is 2.42. The van der Waals surface area contributed by atoms with Crippen LogP contribution in [0.25, 0.3) is 0 Å². The van der Waals surface area contributed by atoms with Gasteiger partial charge >= 0.3 is 0 Å². The molecular formula is C16H22. The van der Waals surface area contributed by atoms with Gasteiger partial charge in [-0.2, -0.15) is 0 Å². The number of rotatable bonds is 1. The van der Waals surface area contributed by atoms with E-state index in [0.29, 0.717) is 5.41 Å². The van der Waals surface area contributed by atoms with Crippen LogP contribution in [0.5, 0.6) is 0 Å². The number of hydrogen-bond donors (Lipinski definition) is 0. The summed E-state index contributed by atoms with van der Waals surface area (Å²) in [7, 11) is 0. The van der Waals surface area contributed by atoms with Gasteiger partial charge < -0.3 is 0 Å². The molecule has 3 unspecified atom stereocenters. The standard InChI is InChI=1S/C16H22/c1-3-14-4-2-13(1)11-15(14)16-8-5-12(6-9-16)7-10-16/h1,3,5,8,12-15H,2,4,6-7,9-11H2. The fourth-order valence-corrected chi connectivity index (χ4v) is 4.95. The molecule has 0 aromatic rings. The third-order valence-corrected chi connectivity index (χ3v) is 5.97. The Bertz CT molecular complexity index is 341. The molecule has 0 heterocycles. The molecule has 0 spiro atoms. The molecule has 86 valence electrons. The van der Waals surface area contributed by atoms with E-state index in [1.165, 1.54) is 44.9 Å². The molecule has 0 aliphatic heterocycles. The maximum absolute atomic E-state index is 2.64. The van der Waals surface area contributed by atoms with Crippen LogP contribution in [0.15, 0.2) is 24.3 Å². The molecule has 0 aromatic heterocycles. The second kappa shape index (κ2) is 3.24. The van der Waals surface area contributed by atoms with E-state index in [-0.39, 0.29) is 0 Å². The predicted octanol–water partition coefficient (Wildman–Crippen LogP) is 4.34. The Morgan fingerprint density at radius 2 is 1.69 bits per heavy atom. The molecule has 0 radical (unpaired) electrons. The van der Waals surface area contributed by atoms with Crippen LogP contribution in [0.1, 0.15) is 44.9 Å². The first-order chi connectivity index (χ1) is 7.86. The maximum Gasteiger partial charge on any atom is -0.00836 e. The Morgan fingerprint density at radius 3 is 2.19 bits per heavy atom. The lowest BCUT2D eigenvalue weighted by atomic mass is 9.52. The molecule has 6 aliphatic rings. The Labute approximate surface area is 98.8 Å². The second-order valence-electron chi connectivity index (χ2n) is 6.66. The van der Waals surface area contributed by atoms with E-state index in [4.69, 9.17) is 0 Å². The molecule has 0 heteroatoms. The molecule has 0 amide bonds. The van der Waals surface area contributed by atoms with Crippen LogP contribution in [0.2, 0.25) is 0 Å². The van der Waals surface area contributed by atoms with Gasteiger partial charge in [-0.05, 0) is 74.0 Å². The van der Waals surface area contributed by atoms with Crippen molar-refractivity contribution in [2.75, 3.05) is 0 Å². The molecule has 0 nitrogen and oxygen atoms in total. The van der Waals surface area contributed by atoms with E-state index in [1.807, 2.05) is 0 Å². The zero-order valence-corrected chi connectivity index (χ0v) is 10.1. The Morgan fingerprint density at radius 1 is 0.812 bits per heavy atom. The van der Waals surface area contributed by atoms with Crippen molar-refractivity contribution in [2.24, 2.45) is 29.1 Å². The van der Waals surface area contributed by atoms with Crippen LogP contribution >= 0.6 is 0 Å². The molecule has 0 aromatic carbocycles. The van der Waals surface area contributed by atoms with Crippen molar-refractivity contribution in [3.8, 4) is 0 Å². The van der Waals surface area contributed by atoms with Gasteiger partial charge in [0.05, 0.1) is 0 Å². The van der Waals surface area contributed by atoms with Crippen molar-refractivity contribution < 1.29 is 0 Å². The SMILES string of the molecule is C1=CC2(C3CC4C=CC3CC4)CCC1CC2. The zero-order chi connectivity index (χ0) is 10.6. The molecular weight excluding hydrogens is 192 g/mol. The van der Waals surface area contributed by atoms with Crippen LogP contribution in [-0.4, -0.2) is 0 Å². The van der Waals surface area contributed by atoms with Gasteiger partial charge in [0.15, 0.2) is 0 Å². The lowest BCUT2D eigenvalue weighted by Crippen LogP contribution is -2.43. The first kappa shape index (κ1) is 9.50. The Kier molecular flexibility index (Phi) is 1.93. The minimum absolute atomic E-state index is 0.628. The van der Waals surface area contributed by atoms with E-state index >= 15 is 0 Å². The van der Waals surface area contributed by atoms with Crippen LogP contribution in [0.4, 0.5) is 0 Å². The molecule has 0 saturated heterocycles. The molecule has 4 bridgehead atoms. The summed E-state index contributed by atoms with van der Waals surface area (Å²) in [5.41, 5.74) is 0.628. The lowest BCUT2D eigenvalue weighted by Gasteiger charge is -2.53. The summed E-state index contributed by atoms with van der Waals surface area (Å²) < 4.78 is 0. The Balaban J connectivity index is 1.68. The molecule has 2 saturated carbocycles. The normalized spacial score (nSPS) is 53.5. The first-order valence-electron chi connectivity index (χ1n) is 7.23. The highest BCUT2D eigenvalue weighted by Crippen LogP contribution is 2.57. The number of fused-ring (bicyclic) bond motifs is 4. The topological polar surface area (TPSA) is 0 Å². The summed E-state index contributed by atoms with van der Waals surface area (Å²) in [6, 6.07) is 0. The van der Waals surface area contributed by atoms with E-state index in [2.05, 4.69) is 24.3 Å². The highest BCUT2D eigenvalue weighted by atomic mass is 14.5. The van der Waals surface area contributed by atoms with Crippen LogP contribution in [0, 0.1) is 29.1 Å². The van der Waals surface area contributed by atoms with Gasteiger partial charge in [-0.1, -0.05) is 24.3 Å². The van der Waals surface area contributed by atoms with E-state index < -0.39 is 0 Å². The minimum Gasteiger partial charge on any atom is -0.0851 e. The summed E-state index contributed by atoms with van der Waals surface area (Å²) >= 11 is 0. The summed E-state index contributed by atoms with van der Waals surface area (Å²) in [5, 5.41) is 0. The molecule has 16 heavy (non-hydrogen) atoms. The van der Waals surface area contributed by atoms with Crippen LogP contribution in [-0.2, 0) is 0 Å². The highest BCUT2D eigenvalue weighted by molar-refractivity contribution is 5.18. The van der Waals surface area contributed by atoms with Crippen LogP contribution < -0.4 is 0 Å². The third kappa shape index (κ3) is 1.22. The highest BCUT2D eigenvalue weighted by Gasteiger charge is 2.47. The Hall–Kier alpha value is -0.520. The average molecular weight is 214 g/mol. The van der Waals surface area contributed by atoms with E-state index in [0.717, 1.165) is 23.7 Å². The second-order valence-corrected chi connectivity index (χ2v) is 6.66. The fourth-order valence-electron chi connectivity index (χ4n) is 4.95. The fraction of sp³-hybridized carbons (Fsp3) is 0.750. The van der Waals surface area contributed by atoms with Gasteiger partial charge in [-0.3, -0.25) is 0 Å². The number of allylic oxidation sites excluding steroid dienone is 4. The largest absolute Gasteiger partial charge is 0.0851 e. The summed E-state index contributed by atoms with van der Waals surface area (Å²) in [4.78, 5) is 0. The van der Waals surface area contributed by atoms with Gasteiger partial charge in [-0.15, -0.1) is 0 Å². The van der Waals surface area contributed by atoms with Crippen molar-refractivity contribution in [2.45, 2.75) is 44.9 Å². The van der Waals surface area contributed by atoms with Crippen molar-refractivity contribution >= 4 is 0 Å². The predicted molar refractivity (Wildman–Crippen MR) is 67.0 cm³/mol. The van der Waals surface area contributed by atoms with Gasteiger partial charge in [0.1, 0.15) is 0 Å². The van der Waals surface area contributed by atoms with Gasteiger partial charge in [0.2, 0.25) is 0 Å². The number of hydrogen-bond acceptors (Lipinski definition) is 0. The van der Waals surface area contributed by atoms with Gasteiger partial charge in [-0.25, -0.2) is 0 Å². The first-order valence-corrected chi connectivity index (χ1v) is 7.23.